The van der Waals surface area contributed by atoms with Gasteiger partial charge in [0.2, 0.25) is 5.82 Å². The second-order valence-electron chi connectivity index (χ2n) is 7.05. The van der Waals surface area contributed by atoms with Gasteiger partial charge in [0.25, 0.3) is 0 Å². The summed E-state index contributed by atoms with van der Waals surface area (Å²) < 4.78 is 22.1. The van der Waals surface area contributed by atoms with Crippen molar-refractivity contribution in [3.05, 3.63) is 24.2 Å². The first kappa shape index (κ1) is 19.2. The minimum absolute atomic E-state index is 0.125. The van der Waals surface area contributed by atoms with Gasteiger partial charge in [-0.2, -0.15) is 9.62 Å². The lowest BCUT2D eigenvalue weighted by Crippen LogP contribution is -2.44. The summed E-state index contributed by atoms with van der Waals surface area (Å²) in [5.41, 5.74) is 1.59. The van der Waals surface area contributed by atoms with Crippen molar-refractivity contribution in [1.29, 1.82) is 5.26 Å². The van der Waals surface area contributed by atoms with Crippen LogP contribution in [0.2, 0.25) is 0 Å². The van der Waals surface area contributed by atoms with Crippen molar-refractivity contribution >= 4 is 32.5 Å². The van der Waals surface area contributed by atoms with E-state index in [0.29, 0.717) is 53.9 Å². The average molecular weight is 412 g/mol. The molecule has 0 spiro atoms. The molecular formula is C18H20N8O2S. The smallest absolute Gasteiger partial charge is 0.212 e. The molecule has 0 bridgehead atoms. The van der Waals surface area contributed by atoms with E-state index in [0.717, 1.165) is 0 Å². The number of pyridine rings is 1. The van der Waals surface area contributed by atoms with Crippen LogP contribution >= 0.6 is 0 Å². The maximum atomic E-state index is 12.3. The Labute approximate surface area is 168 Å². The summed E-state index contributed by atoms with van der Waals surface area (Å²) in [4.78, 5) is 22.7. The number of nitrogens with zero attached hydrogens (tertiary/aromatic N) is 7. The lowest BCUT2D eigenvalue weighted by atomic mass is 10.2. The van der Waals surface area contributed by atoms with E-state index >= 15 is 0 Å². The first-order valence-electron chi connectivity index (χ1n) is 9.00. The predicted octanol–water partition coefficient (Wildman–Crippen LogP) is 1.87. The van der Waals surface area contributed by atoms with Crippen molar-refractivity contribution in [2.24, 2.45) is 4.36 Å². The largest absolute Gasteiger partial charge is 0.377 e. The van der Waals surface area contributed by atoms with Gasteiger partial charge in [0.05, 0.1) is 24.8 Å². The Balaban J connectivity index is 1.92. The molecule has 0 radical (unpaired) electrons. The van der Waals surface area contributed by atoms with Crippen LogP contribution in [0, 0.1) is 11.3 Å². The van der Waals surface area contributed by atoms with Crippen LogP contribution in [0.3, 0.4) is 0 Å². The number of aromatic nitrogens is 5. The van der Waals surface area contributed by atoms with Gasteiger partial charge in [0.15, 0.2) is 17.3 Å². The molecule has 4 heterocycles. The molecule has 0 unspecified atom stereocenters. The van der Waals surface area contributed by atoms with Crippen molar-refractivity contribution in [3.8, 4) is 17.5 Å². The van der Waals surface area contributed by atoms with Gasteiger partial charge in [-0.25, -0.2) is 24.1 Å². The molecule has 1 aliphatic rings. The quantitative estimate of drug-likeness (QED) is 0.689. The van der Waals surface area contributed by atoms with Crippen LogP contribution in [-0.2, 0) is 14.5 Å². The van der Waals surface area contributed by atoms with Crippen molar-refractivity contribution < 1.29 is 8.95 Å². The molecule has 1 aliphatic heterocycles. The highest BCUT2D eigenvalue weighted by molar-refractivity contribution is 7.92. The molecule has 3 aromatic rings. The van der Waals surface area contributed by atoms with E-state index in [4.69, 9.17) is 15.0 Å². The number of nitrogens with one attached hydrogen (secondary N) is 1. The normalized spacial score (nSPS) is 17.3. The fourth-order valence-corrected chi connectivity index (χ4v) is 3.72. The third kappa shape index (κ3) is 4.03. The fraction of sp³-hybridized carbons (Fsp3) is 0.389. The van der Waals surface area contributed by atoms with Crippen LogP contribution in [0.1, 0.15) is 12.7 Å². The van der Waals surface area contributed by atoms with Crippen LogP contribution in [-0.4, -0.2) is 67.4 Å². The maximum Gasteiger partial charge on any atom is 0.212 e. The van der Waals surface area contributed by atoms with Gasteiger partial charge in [-0.05, 0) is 13.0 Å². The maximum absolute atomic E-state index is 12.3. The second-order valence-corrected chi connectivity index (χ2v) is 9.60. The Morgan fingerprint density at radius 1 is 1.38 bits per heavy atom. The molecule has 1 atom stereocenters. The van der Waals surface area contributed by atoms with E-state index in [1.165, 1.54) is 0 Å². The molecule has 0 amide bonds. The summed E-state index contributed by atoms with van der Waals surface area (Å²) in [6.45, 7) is 3.92. The molecular weight excluding hydrogens is 392 g/mol. The molecule has 29 heavy (non-hydrogen) atoms. The van der Waals surface area contributed by atoms with Crippen molar-refractivity contribution in [2.45, 2.75) is 13.0 Å². The van der Waals surface area contributed by atoms with Crippen LogP contribution in [0.5, 0.6) is 0 Å². The SMILES string of the molecule is C[C@@H]1COCCN1c1cc(N=S(C)(C)=O)nc(-c2ccnc3[nH]c(C#N)nc23)n1. The van der Waals surface area contributed by atoms with Gasteiger partial charge in [-0.1, -0.05) is 0 Å². The Kier molecular flexibility index (Phi) is 4.89. The lowest BCUT2D eigenvalue weighted by molar-refractivity contribution is 0.0985. The van der Waals surface area contributed by atoms with Crippen LogP contribution < -0.4 is 4.90 Å². The van der Waals surface area contributed by atoms with Gasteiger partial charge >= 0.3 is 0 Å². The Morgan fingerprint density at radius 2 is 2.21 bits per heavy atom. The first-order chi connectivity index (χ1) is 13.8. The molecule has 1 saturated heterocycles. The summed E-state index contributed by atoms with van der Waals surface area (Å²) in [7, 11) is -2.42. The lowest BCUT2D eigenvalue weighted by Gasteiger charge is -2.34. The van der Waals surface area contributed by atoms with Crippen molar-refractivity contribution in [1.82, 2.24) is 24.9 Å². The molecule has 11 heteroatoms. The molecule has 1 fully saturated rings. The Morgan fingerprint density at radius 3 is 2.93 bits per heavy atom. The number of morpholine rings is 1. The first-order valence-corrected chi connectivity index (χ1v) is 11.3. The zero-order chi connectivity index (χ0) is 20.6. The number of imidazole rings is 1. The summed E-state index contributed by atoms with van der Waals surface area (Å²) in [6.07, 6.45) is 4.72. The number of nitriles is 1. The second kappa shape index (κ2) is 7.38. The minimum atomic E-state index is -2.42. The molecule has 1 N–H and O–H groups in total. The molecule has 4 rings (SSSR count). The average Bonchev–Trinajstić information content (AvgIpc) is 3.10. The number of hydrogen-bond acceptors (Lipinski definition) is 9. The van der Waals surface area contributed by atoms with Gasteiger partial charge in [0.1, 0.15) is 17.4 Å². The van der Waals surface area contributed by atoms with Crippen LogP contribution in [0.15, 0.2) is 22.7 Å². The third-order valence-electron chi connectivity index (χ3n) is 4.41. The predicted molar refractivity (Wildman–Crippen MR) is 109 cm³/mol. The van der Waals surface area contributed by atoms with Crippen LogP contribution in [0.4, 0.5) is 11.6 Å². The van der Waals surface area contributed by atoms with Gasteiger partial charge in [0, 0.05) is 41.0 Å². The summed E-state index contributed by atoms with van der Waals surface area (Å²) in [5, 5.41) is 9.15. The molecule has 10 nitrogen and oxygen atoms in total. The van der Waals surface area contributed by atoms with E-state index in [9.17, 15) is 4.21 Å². The van der Waals surface area contributed by atoms with E-state index in [1.54, 1.807) is 30.8 Å². The Hall–Kier alpha value is -3.10. The number of rotatable bonds is 3. The number of fused-ring (bicyclic) bond motifs is 1. The fourth-order valence-electron chi connectivity index (χ4n) is 3.17. The molecule has 0 saturated carbocycles. The van der Waals surface area contributed by atoms with E-state index in [2.05, 4.69) is 36.1 Å². The highest BCUT2D eigenvalue weighted by Crippen LogP contribution is 2.29. The zero-order valence-electron chi connectivity index (χ0n) is 16.3. The van der Waals surface area contributed by atoms with E-state index in [1.807, 2.05) is 6.07 Å². The number of aromatic amines is 1. The molecule has 0 aromatic carbocycles. The highest BCUT2D eigenvalue weighted by Gasteiger charge is 2.23. The minimum Gasteiger partial charge on any atom is -0.377 e. The summed E-state index contributed by atoms with van der Waals surface area (Å²) >= 11 is 0. The number of hydrogen-bond donors (Lipinski definition) is 1. The van der Waals surface area contributed by atoms with Crippen molar-refractivity contribution in [3.63, 3.8) is 0 Å². The van der Waals surface area contributed by atoms with Gasteiger partial charge in [-0.3, -0.25) is 0 Å². The molecule has 150 valence electrons. The van der Waals surface area contributed by atoms with Crippen LogP contribution in [0.25, 0.3) is 22.6 Å². The van der Waals surface area contributed by atoms with Crippen molar-refractivity contribution in [2.75, 3.05) is 37.2 Å². The zero-order valence-corrected chi connectivity index (χ0v) is 17.1. The third-order valence-corrected chi connectivity index (χ3v) is 5.03. The van der Waals surface area contributed by atoms with E-state index in [-0.39, 0.29) is 11.9 Å². The number of ether oxygens (including phenoxy) is 1. The van der Waals surface area contributed by atoms with E-state index < -0.39 is 9.73 Å². The summed E-state index contributed by atoms with van der Waals surface area (Å²) in [5.74, 6) is 1.55. The standard InChI is InChI=1S/C18H20N8O2S/c1-11-10-28-7-6-26(11)15-8-13(25-29(2,3)27)22-17(24-15)12-4-5-20-18-16(12)21-14(9-19)23-18/h4-5,8,11H,6-7,10H2,1-3H3,(H,20,21,23)/t11-/m1/s1. The van der Waals surface area contributed by atoms with Gasteiger partial charge < -0.3 is 14.6 Å². The number of anilines is 1. The summed E-state index contributed by atoms with van der Waals surface area (Å²) in [6, 6.07) is 5.58. The monoisotopic (exact) mass is 412 g/mol. The topological polar surface area (TPSA) is 133 Å². The molecule has 3 aromatic heterocycles. The molecule has 0 aliphatic carbocycles. The Bertz CT molecular complexity index is 1230. The number of H-pyrrole nitrogens is 1. The highest BCUT2D eigenvalue weighted by atomic mass is 32.2. The van der Waals surface area contributed by atoms with Gasteiger partial charge in [-0.15, -0.1) is 0 Å².